The van der Waals surface area contributed by atoms with Crippen molar-refractivity contribution in [2.24, 2.45) is 0 Å². The number of rotatable bonds is 3. The zero-order valence-electron chi connectivity index (χ0n) is 12.3. The van der Waals surface area contributed by atoms with Gasteiger partial charge in [-0.25, -0.2) is 0 Å². The number of carboxylic acids is 1. The lowest BCUT2D eigenvalue weighted by molar-refractivity contribution is -0.136. The van der Waals surface area contributed by atoms with E-state index in [2.05, 4.69) is 18.8 Å². The van der Waals surface area contributed by atoms with Crippen LogP contribution in [0.3, 0.4) is 0 Å². The molecule has 2 nitrogen and oxygen atoms in total. The summed E-state index contributed by atoms with van der Waals surface area (Å²) >= 11 is 0. The van der Waals surface area contributed by atoms with Gasteiger partial charge in [0.1, 0.15) is 0 Å². The molecule has 0 atom stereocenters. The third-order valence-corrected chi connectivity index (χ3v) is 2.65. The lowest BCUT2D eigenvalue weighted by atomic mass is 10.1. The third kappa shape index (κ3) is 8.28. The van der Waals surface area contributed by atoms with Crippen LogP contribution in [-0.4, -0.2) is 11.1 Å². The number of hydrogen-bond donors (Lipinski definition) is 1. The molecule has 0 aliphatic carbocycles. The van der Waals surface area contributed by atoms with Gasteiger partial charge < -0.3 is 5.11 Å². The Labute approximate surface area is 126 Å². The number of hydrogen-bond acceptors (Lipinski definition) is 1. The summed E-state index contributed by atoms with van der Waals surface area (Å²) in [4.78, 5) is 10.2. The second-order valence-corrected chi connectivity index (χ2v) is 4.40. The summed E-state index contributed by atoms with van der Waals surface area (Å²) in [6.07, 6.45) is 1.76. The van der Waals surface area contributed by atoms with Gasteiger partial charge >= 0.3 is 5.97 Å². The molecule has 0 unspecified atom stereocenters. The highest BCUT2D eigenvalue weighted by atomic mass is 16.4. The zero-order chi connectivity index (χ0) is 15.3. The second-order valence-electron chi connectivity index (χ2n) is 4.40. The van der Waals surface area contributed by atoms with Gasteiger partial charge in [-0.3, -0.25) is 4.79 Å². The molecule has 0 aliphatic rings. The lowest BCUT2D eigenvalue weighted by Crippen LogP contribution is -1.96. The Kier molecular flexibility index (Phi) is 8.09. The highest BCUT2D eigenvalue weighted by molar-refractivity contribution is 5.67. The summed E-state index contributed by atoms with van der Waals surface area (Å²) in [5, 5.41) is 8.37. The zero-order valence-corrected chi connectivity index (χ0v) is 12.3. The van der Waals surface area contributed by atoms with E-state index in [4.69, 9.17) is 5.11 Å². The molecule has 2 heteroatoms. The van der Waals surface area contributed by atoms with Gasteiger partial charge in [0.2, 0.25) is 0 Å². The highest BCUT2D eigenvalue weighted by Gasteiger charge is 1.96. The predicted octanol–water partition coefficient (Wildman–Crippen LogP) is 4.15. The summed E-state index contributed by atoms with van der Waals surface area (Å²) in [5.74, 6) is 5.32. The molecule has 0 radical (unpaired) electrons. The maximum atomic E-state index is 10.2. The van der Waals surface area contributed by atoms with Crippen molar-refractivity contribution < 1.29 is 9.90 Å². The van der Waals surface area contributed by atoms with Crippen molar-refractivity contribution in [3.63, 3.8) is 0 Å². The molecule has 0 bridgehead atoms. The van der Waals surface area contributed by atoms with Gasteiger partial charge in [-0.05, 0) is 24.1 Å². The first-order valence-electron chi connectivity index (χ1n) is 7.02. The Balaban J connectivity index is 0.000000211. The first-order valence-corrected chi connectivity index (χ1v) is 7.02. The molecular weight excluding hydrogens is 260 g/mol. The van der Waals surface area contributed by atoms with Gasteiger partial charge in [-0.15, -0.1) is 0 Å². The van der Waals surface area contributed by atoms with E-state index in [0.717, 1.165) is 17.5 Å². The Morgan fingerprint density at radius 1 is 1.00 bits per heavy atom. The van der Waals surface area contributed by atoms with Crippen LogP contribution in [0.25, 0.3) is 0 Å². The van der Waals surface area contributed by atoms with Crippen LogP contribution in [0.15, 0.2) is 60.7 Å². The highest BCUT2D eigenvalue weighted by Crippen LogP contribution is 2.01. The molecular formula is C19H20O2. The van der Waals surface area contributed by atoms with Crippen molar-refractivity contribution in [2.45, 2.75) is 26.2 Å². The van der Waals surface area contributed by atoms with E-state index in [9.17, 15) is 4.79 Å². The fraction of sp³-hybridized carbons (Fsp3) is 0.211. The van der Waals surface area contributed by atoms with E-state index in [1.54, 1.807) is 0 Å². The smallest absolute Gasteiger partial charge is 0.303 e. The van der Waals surface area contributed by atoms with Crippen molar-refractivity contribution in [3.05, 3.63) is 71.8 Å². The van der Waals surface area contributed by atoms with E-state index in [1.807, 2.05) is 60.7 Å². The second kappa shape index (κ2) is 10.3. The van der Waals surface area contributed by atoms with E-state index in [-0.39, 0.29) is 6.42 Å². The maximum Gasteiger partial charge on any atom is 0.303 e. The molecule has 0 spiro atoms. The number of aliphatic carboxylic acids is 1. The monoisotopic (exact) mass is 280 g/mol. The number of carbonyl (C=O) groups is 1. The fourth-order valence-corrected chi connectivity index (χ4v) is 1.61. The normalized spacial score (nSPS) is 8.81. The molecule has 0 amide bonds. The minimum Gasteiger partial charge on any atom is -0.481 e. The number of benzene rings is 2. The standard InChI is InChI=1S/C10H10.C9H10O2/c1-2-3-7-10-8-5-4-6-9-10;10-9(11)7-6-8-4-2-1-3-5-8/h4-6,8-9H,2H2,1H3;1-5H,6-7H2,(H,10,11). The van der Waals surface area contributed by atoms with Gasteiger partial charge in [0, 0.05) is 18.4 Å². The van der Waals surface area contributed by atoms with Gasteiger partial charge in [0.15, 0.2) is 0 Å². The lowest BCUT2D eigenvalue weighted by Gasteiger charge is -1.95. The summed E-state index contributed by atoms with van der Waals surface area (Å²) < 4.78 is 0. The van der Waals surface area contributed by atoms with Crippen molar-refractivity contribution >= 4 is 5.97 Å². The molecule has 0 aliphatic heterocycles. The SMILES string of the molecule is CCC#Cc1ccccc1.O=C(O)CCc1ccccc1. The fourth-order valence-electron chi connectivity index (χ4n) is 1.61. The largest absolute Gasteiger partial charge is 0.481 e. The Bertz CT molecular complexity index is 577. The molecule has 0 saturated heterocycles. The number of carboxylic acid groups (broad SMARTS) is 1. The van der Waals surface area contributed by atoms with E-state index in [1.165, 1.54) is 0 Å². The number of aryl methyl sites for hydroxylation is 1. The minimum absolute atomic E-state index is 0.212. The quantitative estimate of drug-likeness (QED) is 0.857. The van der Waals surface area contributed by atoms with Gasteiger partial charge in [0.25, 0.3) is 0 Å². The third-order valence-electron chi connectivity index (χ3n) is 2.65. The van der Waals surface area contributed by atoms with Crippen LogP contribution in [0.4, 0.5) is 0 Å². The molecule has 2 aromatic carbocycles. The first kappa shape index (κ1) is 16.5. The Morgan fingerprint density at radius 3 is 2.10 bits per heavy atom. The average Bonchev–Trinajstić information content (AvgIpc) is 2.53. The Hall–Kier alpha value is -2.53. The van der Waals surface area contributed by atoms with Crippen LogP contribution in [0.1, 0.15) is 30.9 Å². The van der Waals surface area contributed by atoms with E-state index < -0.39 is 5.97 Å². The molecule has 0 aromatic heterocycles. The molecule has 0 heterocycles. The van der Waals surface area contributed by atoms with Gasteiger partial charge in [-0.1, -0.05) is 67.3 Å². The van der Waals surface area contributed by atoms with Crippen LogP contribution in [-0.2, 0) is 11.2 Å². The van der Waals surface area contributed by atoms with Gasteiger partial charge in [-0.2, -0.15) is 0 Å². The van der Waals surface area contributed by atoms with Crippen molar-refractivity contribution in [2.75, 3.05) is 0 Å². The summed E-state index contributed by atoms with van der Waals surface area (Å²) in [6.45, 7) is 2.05. The van der Waals surface area contributed by atoms with Crippen LogP contribution in [0.5, 0.6) is 0 Å². The van der Waals surface area contributed by atoms with Crippen LogP contribution in [0, 0.1) is 11.8 Å². The summed E-state index contributed by atoms with van der Waals surface area (Å²) in [6, 6.07) is 19.6. The predicted molar refractivity (Wildman–Crippen MR) is 86.0 cm³/mol. The van der Waals surface area contributed by atoms with Crippen LogP contribution in [0.2, 0.25) is 0 Å². The molecule has 21 heavy (non-hydrogen) atoms. The molecule has 108 valence electrons. The van der Waals surface area contributed by atoms with Crippen molar-refractivity contribution in [3.8, 4) is 11.8 Å². The van der Waals surface area contributed by atoms with Crippen LogP contribution >= 0.6 is 0 Å². The topological polar surface area (TPSA) is 37.3 Å². The van der Waals surface area contributed by atoms with E-state index in [0.29, 0.717) is 6.42 Å². The Morgan fingerprint density at radius 2 is 1.57 bits per heavy atom. The van der Waals surface area contributed by atoms with Gasteiger partial charge in [0.05, 0.1) is 0 Å². The minimum atomic E-state index is -0.742. The molecule has 2 rings (SSSR count). The first-order chi connectivity index (χ1) is 10.2. The van der Waals surface area contributed by atoms with Crippen molar-refractivity contribution in [1.29, 1.82) is 0 Å². The van der Waals surface area contributed by atoms with E-state index >= 15 is 0 Å². The summed E-state index contributed by atoms with van der Waals surface area (Å²) in [5.41, 5.74) is 2.18. The van der Waals surface area contributed by atoms with Crippen LogP contribution < -0.4 is 0 Å². The summed E-state index contributed by atoms with van der Waals surface area (Å²) in [7, 11) is 0. The maximum absolute atomic E-state index is 10.2. The van der Waals surface area contributed by atoms with Crippen molar-refractivity contribution in [1.82, 2.24) is 0 Å². The average molecular weight is 280 g/mol. The molecule has 1 N–H and O–H groups in total. The molecule has 2 aromatic rings. The molecule has 0 saturated carbocycles. The molecule has 0 fully saturated rings.